The highest BCUT2D eigenvalue weighted by molar-refractivity contribution is 8.08. The van der Waals surface area contributed by atoms with Crippen molar-refractivity contribution in [2.24, 2.45) is 0 Å². The van der Waals surface area contributed by atoms with Gasteiger partial charge in [-0.25, -0.2) is 4.98 Å². The lowest BCUT2D eigenvalue weighted by atomic mass is 10.3. The highest BCUT2D eigenvalue weighted by atomic mass is 35.5. The summed E-state index contributed by atoms with van der Waals surface area (Å²) in [6, 6.07) is 15.0. The van der Waals surface area contributed by atoms with Crippen LogP contribution in [0.15, 0.2) is 54.6 Å². The number of carbonyl (C=O) groups excluding carboxylic acids is 1. The van der Waals surface area contributed by atoms with Crippen molar-refractivity contribution in [3.8, 4) is 0 Å². The van der Waals surface area contributed by atoms with Gasteiger partial charge in [0.05, 0.1) is 11.0 Å². The van der Waals surface area contributed by atoms with Crippen LogP contribution in [-0.2, 0) is 11.3 Å². The summed E-state index contributed by atoms with van der Waals surface area (Å²) >= 11 is 7.68. The normalized spacial score (nSPS) is 13.9. The Morgan fingerprint density at radius 1 is 1.20 bits per heavy atom. The Morgan fingerprint density at radius 2 is 2.00 bits per heavy atom. The van der Waals surface area contributed by atoms with Gasteiger partial charge in [0.1, 0.15) is 12.4 Å². The minimum absolute atomic E-state index is 0.0877. The topological polar surface area (TPSA) is 46.9 Å². The molecule has 0 fully saturated rings. The van der Waals surface area contributed by atoms with Crippen molar-refractivity contribution in [1.29, 1.82) is 0 Å². The molecule has 2 aromatic carbocycles. The molecule has 4 nitrogen and oxygen atoms in total. The fourth-order valence-corrected chi connectivity index (χ4v) is 3.98. The first kappa shape index (κ1) is 16.2. The molecule has 0 atom stereocenters. The molecule has 0 aliphatic carbocycles. The van der Waals surface area contributed by atoms with Crippen LogP contribution in [0.2, 0.25) is 5.02 Å². The first-order valence-corrected chi connectivity index (χ1v) is 9.41. The number of carbonyl (C=O) groups is 1. The number of nitrogens with one attached hydrogen (secondary N) is 1. The summed E-state index contributed by atoms with van der Waals surface area (Å²) in [4.78, 5) is 18.4. The molecule has 0 radical (unpaired) electrons. The maximum Gasteiger partial charge on any atom is 0.244 e. The summed E-state index contributed by atoms with van der Waals surface area (Å²) in [5.74, 6) is 1.85. The van der Waals surface area contributed by atoms with Crippen LogP contribution in [0.3, 0.4) is 0 Å². The van der Waals surface area contributed by atoms with Crippen molar-refractivity contribution in [1.82, 2.24) is 9.55 Å². The van der Waals surface area contributed by atoms with Crippen molar-refractivity contribution in [3.05, 3.63) is 65.5 Å². The number of fused-ring (bicyclic) bond motifs is 1. The molecule has 1 aromatic heterocycles. The summed E-state index contributed by atoms with van der Waals surface area (Å²) in [7, 11) is 0. The molecule has 1 aliphatic rings. The second kappa shape index (κ2) is 6.94. The fourth-order valence-electron chi connectivity index (χ4n) is 2.87. The van der Waals surface area contributed by atoms with Gasteiger partial charge in [-0.15, -0.1) is 11.8 Å². The Kier molecular flexibility index (Phi) is 4.51. The molecule has 4 rings (SSSR count). The number of aromatic nitrogens is 2. The lowest BCUT2D eigenvalue weighted by molar-refractivity contribution is -0.116. The van der Waals surface area contributed by atoms with Gasteiger partial charge in [-0.1, -0.05) is 29.8 Å². The largest absolute Gasteiger partial charge is 0.325 e. The molecule has 0 unspecified atom stereocenters. The zero-order valence-electron chi connectivity index (χ0n) is 13.4. The summed E-state index contributed by atoms with van der Waals surface area (Å²) in [6.45, 7) is 0.219. The standard InChI is InChI=1S/C19H16ClN3OS/c20-13-7-9-14(10-8-13)21-18(24)12-23-16-5-2-1-4-15(16)22-19(23)17-6-3-11-25-17/h1-2,4-10H,3,11-12H2,(H,21,24). The lowest BCUT2D eigenvalue weighted by Crippen LogP contribution is -2.19. The van der Waals surface area contributed by atoms with Crippen LogP contribution < -0.4 is 5.32 Å². The number of allylic oxidation sites excluding steroid dienone is 1. The maximum absolute atomic E-state index is 12.6. The molecule has 2 heterocycles. The minimum Gasteiger partial charge on any atom is -0.325 e. The number of amides is 1. The van der Waals surface area contributed by atoms with E-state index in [9.17, 15) is 4.79 Å². The first-order chi connectivity index (χ1) is 12.2. The number of thioether (sulfide) groups is 1. The van der Waals surface area contributed by atoms with Gasteiger partial charge in [0.2, 0.25) is 5.91 Å². The van der Waals surface area contributed by atoms with E-state index in [1.54, 1.807) is 36.0 Å². The SMILES string of the molecule is O=C(Cn1c(C2=CCCS2)nc2ccccc21)Nc1ccc(Cl)cc1. The van der Waals surface area contributed by atoms with Gasteiger partial charge in [0.15, 0.2) is 0 Å². The third kappa shape index (κ3) is 3.43. The molecule has 0 saturated carbocycles. The van der Waals surface area contributed by atoms with Crippen molar-refractivity contribution in [2.45, 2.75) is 13.0 Å². The van der Waals surface area contributed by atoms with Gasteiger partial charge in [0, 0.05) is 21.4 Å². The van der Waals surface area contributed by atoms with Gasteiger partial charge >= 0.3 is 0 Å². The number of benzene rings is 2. The van der Waals surface area contributed by atoms with E-state index in [1.165, 1.54) is 0 Å². The van der Waals surface area contributed by atoms with Crippen LogP contribution in [0.1, 0.15) is 12.2 Å². The zero-order valence-corrected chi connectivity index (χ0v) is 15.0. The number of para-hydroxylation sites is 2. The molecular formula is C19H16ClN3OS. The highest BCUT2D eigenvalue weighted by Crippen LogP contribution is 2.35. The molecular weight excluding hydrogens is 354 g/mol. The van der Waals surface area contributed by atoms with E-state index in [-0.39, 0.29) is 12.5 Å². The number of hydrogen-bond acceptors (Lipinski definition) is 3. The van der Waals surface area contributed by atoms with E-state index in [1.807, 2.05) is 28.8 Å². The number of rotatable bonds is 4. The van der Waals surface area contributed by atoms with Gasteiger partial charge in [-0.3, -0.25) is 4.79 Å². The summed E-state index contributed by atoms with van der Waals surface area (Å²) in [6.07, 6.45) is 3.24. The van der Waals surface area contributed by atoms with Crippen molar-refractivity contribution < 1.29 is 4.79 Å². The van der Waals surface area contributed by atoms with Gasteiger partial charge in [-0.05, 0) is 42.8 Å². The number of hydrogen-bond donors (Lipinski definition) is 1. The number of anilines is 1. The third-order valence-corrected chi connectivity index (χ3v) is 5.36. The predicted molar refractivity (Wildman–Crippen MR) is 105 cm³/mol. The Bertz CT molecular complexity index is 962. The molecule has 1 N–H and O–H groups in total. The molecule has 6 heteroatoms. The summed E-state index contributed by atoms with van der Waals surface area (Å²) in [5.41, 5.74) is 2.61. The van der Waals surface area contributed by atoms with Crippen LogP contribution in [0, 0.1) is 0 Å². The number of nitrogens with zero attached hydrogens (tertiary/aromatic N) is 2. The van der Waals surface area contributed by atoms with Crippen LogP contribution in [0.5, 0.6) is 0 Å². The molecule has 1 amide bonds. The molecule has 0 saturated heterocycles. The van der Waals surface area contributed by atoms with E-state index in [4.69, 9.17) is 16.6 Å². The Morgan fingerprint density at radius 3 is 2.76 bits per heavy atom. The van der Waals surface area contributed by atoms with Crippen LogP contribution >= 0.6 is 23.4 Å². The van der Waals surface area contributed by atoms with Crippen LogP contribution in [-0.4, -0.2) is 21.2 Å². The average molecular weight is 370 g/mol. The molecule has 25 heavy (non-hydrogen) atoms. The summed E-state index contributed by atoms with van der Waals surface area (Å²) < 4.78 is 1.99. The lowest BCUT2D eigenvalue weighted by Gasteiger charge is -2.10. The third-order valence-electron chi connectivity index (χ3n) is 4.01. The highest BCUT2D eigenvalue weighted by Gasteiger charge is 2.19. The summed E-state index contributed by atoms with van der Waals surface area (Å²) in [5, 5.41) is 3.56. The van der Waals surface area contributed by atoms with Crippen LogP contribution in [0.4, 0.5) is 5.69 Å². The Labute approximate surface area is 154 Å². The van der Waals surface area contributed by atoms with E-state index in [0.29, 0.717) is 5.02 Å². The Hall–Kier alpha value is -2.24. The molecule has 126 valence electrons. The molecule has 3 aromatic rings. The van der Waals surface area contributed by atoms with Crippen molar-refractivity contribution in [3.63, 3.8) is 0 Å². The quantitative estimate of drug-likeness (QED) is 0.718. The molecule has 0 bridgehead atoms. The second-order valence-corrected chi connectivity index (χ2v) is 7.34. The maximum atomic E-state index is 12.6. The molecule has 1 aliphatic heterocycles. The van der Waals surface area contributed by atoms with Gasteiger partial charge < -0.3 is 9.88 Å². The zero-order chi connectivity index (χ0) is 17.2. The van der Waals surface area contributed by atoms with E-state index < -0.39 is 0 Å². The monoisotopic (exact) mass is 369 g/mol. The number of halogens is 1. The van der Waals surface area contributed by atoms with Crippen LogP contribution in [0.25, 0.3) is 15.9 Å². The van der Waals surface area contributed by atoms with Crippen molar-refractivity contribution >= 4 is 50.9 Å². The minimum atomic E-state index is -0.0877. The first-order valence-electron chi connectivity index (χ1n) is 8.05. The number of imidazole rings is 1. The fraction of sp³-hybridized carbons (Fsp3) is 0.158. The van der Waals surface area contributed by atoms with E-state index in [2.05, 4.69) is 11.4 Å². The second-order valence-electron chi connectivity index (χ2n) is 5.77. The predicted octanol–water partition coefficient (Wildman–Crippen LogP) is 4.81. The van der Waals surface area contributed by atoms with Gasteiger partial charge in [0.25, 0.3) is 0 Å². The van der Waals surface area contributed by atoms with Crippen molar-refractivity contribution in [2.75, 3.05) is 11.1 Å². The van der Waals surface area contributed by atoms with E-state index in [0.717, 1.165) is 39.6 Å². The Balaban J connectivity index is 1.64. The van der Waals surface area contributed by atoms with Gasteiger partial charge in [-0.2, -0.15) is 0 Å². The average Bonchev–Trinajstić information content (AvgIpc) is 3.25. The van der Waals surface area contributed by atoms with E-state index >= 15 is 0 Å². The molecule has 0 spiro atoms. The smallest absolute Gasteiger partial charge is 0.244 e.